The van der Waals surface area contributed by atoms with Gasteiger partial charge in [0, 0.05) is 21.7 Å². The predicted molar refractivity (Wildman–Crippen MR) is 94.5 cm³/mol. The minimum atomic E-state index is -0.237. The summed E-state index contributed by atoms with van der Waals surface area (Å²) in [4.78, 5) is 12.7. The number of benzene rings is 2. The molecule has 0 aliphatic heterocycles. The van der Waals surface area contributed by atoms with E-state index in [1.807, 2.05) is 38.1 Å². The third kappa shape index (κ3) is 2.84. The number of amides is 1. The van der Waals surface area contributed by atoms with Gasteiger partial charge in [-0.15, -0.1) is 0 Å². The summed E-state index contributed by atoms with van der Waals surface area (Å²) in [5.41, 5.74) is 4.46. The molecule has 0 spiro atoms. The molecule has 3 nitrogen and oxygen atoms in total. The predicted octanol–water partition coefficient (Wildman–Crippen LogP) is 5.52. The van der Waals surface area contributed by atoms with Crippen LogP contribution in [0.5, 0.6) is 0 Å². The van der Waals surface area contributed by atoms with Crippen molar-refractivity contribution in [3.8, 4) is 0 Å². The number of anilines is 1. The topological polar surface area (TPSA) is 42.2 Å². The van der Waals surface area contributed by atoms with Gasteiger partial charge in [-0.1, -0.05) is 36.7 Å². The molecule has 1 amide bonds. The number of furan rings is 1. The Kier molecular flexibility index (Phi) is 4.14. The van der Waals surface area contributed by atoms with Crippen molar-refractivity contribution in [2.24, 2.45) is 0 Å². The van der Waals surface area contributed by atoms with Crippen LogP contribution < -0.4 is 5.32 Å². The molecule has 1 N–H and O–H groups in total. The summed E-state index contributed by atoms with van der Waals surface area (Å²) in [6, 6.07) is 11.4. The fraction of sp³-hybridized carbons (Fsp3) is 0.211. The van der Waals surface area contributed by atoms with Crippen LogP contribution in [0, 0.1) is 13.8 Å². The summed E-state index contributed by atoms with van der Waals surface area (Å²) in [5.74, 6) is 0.0893. The number of aryl methyl sites for hydroxylation is 3. The summed E-state index contributed by atoms with van der Waals surface area (Å²) in [5, 5.41) is 4.49. The Balaban J connectivity index is 2.00. The van der Waals surface area contributed by atoms with Gasteiger partial charge >= 0.3 is 0 Å². The summed E-state index contributed by atoms with van der Waals surface area (Å²) in [6.45, 7) is 5.93. The van der Waals surface area contributed by atoms with Crippen molar-refractivity contribution in [1.82, 2.24) is 0 Å². The molecule has 3 aromatic rings. The summed E-state index contributed by atoms with van der Waals surface area (Å²) in [6.07, 6.45) is 0.853. The second-order valence-electron chi connectivity index (χ2n) is 5.61. The number of hydrogen-bond acceptors (Lipinski definition) is 2. The average Bonchev–Trinajstić information content (AvgIpc) is 2.86. The number of halogens is 1. The zero-order chi connectivity index (χ0) is 16.6. The molecule has 118 valence electrons. The summed E-state index contributed by atoms with van der Waals surface area (Å²) in [7, 11) is 0. The number of para-hydroxylation sites is 1. The molecule has 4 heteroatoms. The van der Waals surface area contributed by atoms with E-state index in [2.05, 4.69) is 12.2 Å². The van der Waals surface area contributed by atoms with Crippen LogP contribution in [0.15, 0.2) is 40.8 Å². The third-order valence-electron chi connectivity index (χ3n) is 4.08. The van der Waals surface area contributed by atoms with Crippen molar-refractivity contribution in [2.75, 3.05) is 5.32 Å². The molecule has 0 saturated heterocycles. The molecular weight excluding hydrogens is 310 g/mol. The molecule has 0 fully saturated rings. The van der Waals surface area contributed by atoms with Gasteiger partial charge in [-0.25, -0.2) is 0 Å². The molecule has 2 aromatic carbocycles. The lowest BCUT2D eigenvalue weighted by molar-refractivity contribution is 0.0997. The van der Waals surface area contributed by atoms with Gasteiger partial charge in [0.1, 0.15) is 5.58 Å². The Morgan fingerprint density at radius 1 is 1.22 bits per heavy atom. The van der Waals surface area contributed by atoms with Crippen molar-refractivity contribution >= 4 is 34.2 Å². The Morgan fingerprint density at radius 2 is 2.00 bits per heavy atom. The van der Waals surface area contributed by atoms with Crippen LogP contribution in [-0.4, -0.2) is 5.91 Å². The zero-order valence-corrected chi connectivity index (χ0v) is 14.1. The van der Waals surface area contributed by atoms with Crippen molar-refractivity contribution in [1.29, 1.82) is 0 Å². The lowest BCUT2D eigenvalue weighted by atomic mass is 10.1. The van der Waals surface area contributed by atoms with Crippen LogP contribution in [0.4, 0.5) is 5.69 Å². The number of fused-ring (bicyclic) bond motifs is 1. The maximum atomic E-state index is 12.7. The van der Waals surface area contributed by atoms with E-state index in [0.717, 1.165) is 34.2 Å². The number of rotatable bonds is 3. The number of hydrogen-bond donors (Lipinski definition) is 1. The molecule has 0 aliphatic carbocycles. The van der Waals surface area contributed by atoms with Crippen LogP contribution >= 0.6 is 11.6 Å². The highest BCUT2D eigenvalue weighted by molar-refractivity contribution is 6.31. The van der Waals surface area contributed by atoms with E-state index in [-0.39, 0.29) is 5.91 Å². The van der Waals surface area contributed by atoms with Crippen LogP contribution in [-0.2, 0) is 6.42 Å². The van der Waals surface area contributed by atoms with E-state index in [0.29, 0.717) is 16.4 Å². The van der Waals surface area contributed by atoms with Gasteiger partial charge in [0.25, 0.3) is 5.91 Å². The molecule has 0 atom stereocenters. The lowest BCUT2D eigenvalue weighted by Gasteiger charge is -2.12. The molecule has 0 aliphatic rings. The van der Waals surface area contributed by atoms with E-state index in [1.165, 1.54) is 0 Å². The monoisotopic (exact) mass is 327 g/mol. The molecule has 0 saturated carbocycles. The first-order valence-corrected chi connectivity index (χ1v) is 7.97. The maximum Gasteiger partial charge on any atom is 0.291 e. The lowest BCUT2D eigenvalue weighted by Crippen LogP contribution is -2.14. The maximum absolute atomic E-state index is 12.7. The molecule has 1 heterocycles. The van der Waals surface area contributed by atoms with E-state index < -0.39 is 0 Å². The molecule has 0 unspecified atom stereocenters. The van der Waals surface area contributed by atoms with Gasteiger partial charge in [0.2, 0.25) is 0 Å². The van der Waals surface area contributed by atoms with E-state index in [4.69, 9.17) is 16.0 Å². The highest BCUT2D eigenvalue weighted by atomic mass is 35.5. The summed E-state index contributed by atoms with van der Waals surface area (Å²) >= 11 is 6.03. The van der Waals surface area contributed by atoms with Crippen LogP contribution in [0.2, 0.25) is 5.02 Å². The number of carbonyl (C=O) groups excluding carboxylic acids is 1. The van der Waals surface area contributed by atoms with Crippen molar-refractivity contribution in [2.45, 2.75) is 27.2 Å². The first-order valence-electron chi connectivity index (χ1n) is 7.59. The molecule has 23 heavy (non-hydrogen) atoms. The van der Waals surface area contributed by atoms with E-state index in [1.54, 1.807) is 12.1 Å². The van der Waals surface area contributed by atoms with Crippen molar-refractivity contribution < 1.29 is 9.21 Å². The Labute approximate surface area is 140 Å². The Bertz CT molecular complexity index is 896. The Morgan fingerprint density at radius 3 is 2.74 bits per heavy atom. The van der Waals surface area contributed by atoms with Crippen molar-refractivity contribution in [3.05, 3.63) is 63.9 Å². The number of carbonyl (C=O) groups is 1. The van der Waals surface area contributed by atoms with Gasteiger partial charge in [0.15, 0.2) is 5.76 Å². The van der Waals surface area contributed by atoms with Gasteiger partial charge < -0.3 is 9.73 Å². The highest BCUT2D eigenvalue weighted by Crippen LogP contribution is 2.29. The van der Waals surface area contributed by atoms with Gasteiger partial charge in [-0.3, -0.25) is 4.79 Å². The normalized spacial score (nSPS) is 11.0. The second-order valence-corrected chi connectivity index (χ2v) is 6.05. The van der Waals surface area contributed by atoms with Crippen LogP contribution in [0.1, 0.15) is 34.2 Å². The van der Waals surface area contributed by atoms with E-state index >= 15 is 0 Å². The van der Waals surface area contributed by atoms with Gasteiger partial charge in [-0.05, 0) is 49.6 Å². The minimum Gasteiger partial charge on any atom is -0.451 e. The average molecular weight is 328 g/mol. The smallest absolute Gasteiger partial charge is 0.291 e. The van der Waals surface area contributed by atoms with Crippen LogP contribution in [0.25, 0.3) is 11.0 Å². The standard InChI is InChI=1S/C19H18ClNO2/c1-4-13-7-5-6-11(2)17(13)21-19(22)18-12(3)15-10-14(20)8-9-16(15)23-18/h5-10H,4H2,1-3H3,(H,21,22). The zero-order valence-electron chi connectivity index (χ0n) is 13.4. The van der Waals surface area contributed by atoms with Crippen LogP contribution in [0.3, 0.4) is 0 Å². The first kappa shape index (κ1) is 15.6. The van der Waals surface area contributed by atoms with Crippen molar-refractivity contribution in [3.63, 3.8) is 0 Å². The fourth-order valence-electron chi connectivity index (χ4n) is 2.78. The largest absolute Gasteiger partial charge is 0.451 e. The molecule has 3 rings (SSSR count). The molecule has 0 radical (unpaired) electrons. The SMILES string of the molecule is CCc1cccc(C)c1NC(=O)c1oc2ccc(Cl)cc2c1C. The Hall–Kier alpha value is -2.26. The van der Waals surface area contributed by atoms with Gasteiger partial charge in [-0.2, -0.15) is 0 Å². The summed E-state index contributed by atoms with van der Waals surface area (Å²) < 4.78 is 5.73. The molecule has 0 bridgehead atoms. The first-order chi connectivity index (χ1) is 11.0. The highest BCUT2D eigenvalue weighted by Gasteiger charge is 2.19. The molecular formula is C19H18ClNO2. The number of nitrogens with one attached hydrogen (secondary N) is 1. The quantitative estimate of drug-likeness (QED) is 0.688. The molecule has 1 aromatic heterocycles. The minimum absolute atomic E-state index is 0.237. The third-order valence-corrected chi connectivity index (χ3v) is 4.32. The van der Waals surface area contributed by atoms with E-state index in [9.17, 15) is 4.79 Å². The fourth-order valence-corrected chi connectivity index (χ4v) is 2.95. The van der Waals surface area contributed by atoms with Gasteiger partial charge in [0.05, 0.1) is 0 Å². The second kappa shape index (κ2) is 6.09.